The van der Waals surface area contributed by atoms with Gasteiger partial charge in [0.2, 0.25) is 0 Å². The molecule has 188 valence electrons. The largest absolute Gasteiger partial charge is 0.573 e. The summed E-state index contributed by atoms with van der Waals surface area (Å²) in [5.74, 6) is -5.51. The van der Waals surface area contributed by atoms with Crippen LogP contribution in [0.4, 0.5) is 57.5 Å². The maximum Gasteiger partial charge on any atom is 0.573 e. The summed E-state index contributed by atoms with van der Waals surface area (Å²) in [6.45, 7) is 0. The van der Waals surface area contributed by atoms with Crippen molar-refractivity contribution in [2.45, 2.75) is 25.1 Å². The number of ether oxygens (including phenoxy) is 4. The molecule has 0 fully saturated rings. The summed E-state index contributed by atoms with van der Waals surface area (Å²) in [6, 6.07) is 0.930. The van der Waals surface area contributed by atoms with Crippen LogP contribution in [0.15, 0.2) is 36.4 Å². The van der Waals surface area contributed by atoms with Gasteiger partial charge in [0, 0.05) is 0 Å². The molecule has 0 aliphatic carbocycles. The van der Waals surface area contributed by atoms with Crippen LogP contribution in [0.25, 0.3) is 0 Å². The minimum Gasteiger partial charge on any atom is -0.405 e. The van der Waals surface area contributed by atoms with E-state index in [-0.39, 0.29) is 24.3 Å². The number of alkyl halides is 12. The van der Waals surface area contributed by atoms with Crippen LogP contribution in [0, 0.1) is 0 Å². The van der Waals surface area contributed by atoms with Crippen LogP contribution in [-0.4, -0.2) is 18.9 Å². The quantitative estimate of drug-likeness (QED) is 0.246. The van der Waals surface area contributed by atoms with Crippen LogP contribution < -0.4 is 18.9 Å². The monoisotopic (exact) mass is 518 g/mol. The van der Waals surface area contributed by atoms with Gasteiger partial charge in [0.15, 0.2) is 0 Å². The maximum absolute atomic E-state index is 13.0. The van der Waals surface area contributed by atoms with Gasteiger partial charge < -0.3 is 18.9 Å². The van der Waals surface area contributed by atoms with Crippen molar-refractivity contribution in [1.82, 2.24) is 0 Å². The number of benzene rings is 2. The summed E-state index contributed by atoms with van der Waals surface area (Å²) in [6.07, 6.45) is -23.8. The zero-order chi connectivity index (χ0) is 26.1. The first-order valence-corrected chi connectivity index (χ1v) is 8.08. The minimum absolute atomic E-state index is 0.0935. The lowest BCUT2D eigenvalue weighted by Gasteiger charge is -2.17. The highest BCUT2D eigenvalue weighted by Gasteiger charge is 2.41. The summed E-state index contributed by atoms with van der Waals surface area (Å²) >= 11 is 0. The van der Waals surface area contributed by atoms with Crippen LogP contribution >= 0.6 is 0 Å². The maximum atomic E-state index is 13.0. The molecule has 0 bridgehead atoms. The molecule has 0 unspecified atom stereocenters. The van der Waals surface area contributed by atoms with Crippen molar-refractivity contribution in [2.75, 3.05) is 0 Å². The average Bonchev–Trinajstić information content (AvgIpc) is 2.60. The average molecular weight is 518 g/mol. The van der Waals surface area contributed by atoms with E-state index in [4.69, 9.17) is 0 Å². The van der Waals surface area contributed by atoms with Gasteiger partial charge in [-0.15, -0.1) is 26.3 Å². The summed E-state index contributed by atoms with van der Waals surface area (Å²) in [7, 11) is 0. The second-order valence-electron chi connectivity index (χ2n) is 5.86. The number of hydrogen-bond donors (Lipinski definition) is 0. The third-order valence-corrected chi connectivity index (χ3v) is 3.37. The van der Waals surface area contributed by atoms with E-state index in [1.165, 1.54) is 0 Å². The second-order valence-corrected chi connectivity index (χ2v) is 5.86. The lowest BCUT2D eigenvalue weighted by molar-refractivity contribution is -0.277. The summed E-state index contributed by atoms with van der Waals surface area (Å²) < 4.78 is 166. The predicted molar refractivity (Wildman–Crippen MR) is 82.9 cm³/mol. The molecule has 5 nitrogen and oxygen atoms in total. The smallest absolute Gasteiger partial charge is 0.405 e. The van der Waals surface area contributed by atoms with Gasteiger partial charge >= 0.3 is 31.2 Å². The molecule has 0 radical (unpaired) electrons. The number of carbonyl (C=O) groups excluding carboxylic acids is 1. The molecule has 0 spiro atoms. The van der Waals surface area contributed by atoms with Gasteiger partial charge in [-0.05, 0) is 36.4 Å². The van der Waals surface area contributed by atoms with Crippen LogP contribution in [-0.2, 0) is 12.4 Å². The normalized spacial score (nSPS) is 12.8. The first kappa shape index (κ1) is 26.7. The van der Waals surface area contributed by atoms with Gasteiger partial charge in [0.1, 0.15) is 34.1 Å². The molecular formula is C17H6F12O5. The fourth-order valence-electron chi connectivity index (χ4n) is 2.23. The van der Waals surface area contributed by atoms with E-state index in [9.17, 15) is 57.5 Å². The van der Waals surface area contributed by atoms with Crippen molar-refractivity contribution in [1.29, 1.82) is 0 Å². The molecule has 0 saturated carbocycles. The molecule has 0 atom stereocenters. The van der Waals surface area contributed by atoms with Crippen LogP contribution in [0.1, 0.15) is 11.1 Å². The Morgan fingerprint density at radius 3 is 1.15 bits per heavy atom. The zero-order valence-electron chi connectivity index (χ0n) is 15.5. The molecule has 0 saturated heterocycles. The van der Waals surface area contributed by atoms with E-state index >= 15 is 0 Å². The molecule has 0 aromatic heterocycles. The Labute approximate surface area is 179 Å². The zero-order valence-corrected chi connectivity index (χ0v) is 15.5. The molecule has 2 aromatic rings. The predicted octanol–water partition coefficient (Wildman–Crippen LogP) is 7.10. The Morgan fingerprint density at radius 2 is 0.882 bits per heavy atom. The van der Waals surface area contributed by atoms with E-state index in [2.05, 4.69) is 18.9 Å². The van der Waals surface area contributed by atoms with Gasteiger partial charge in [0.25, 0.3) is 0 Å². The molecule has 0 heterocycles. The van der Waals surface area contributed by atoms with Crippen molar-refractivity contribution in [3.63, 3.8) is 0 Å². The lowest BCUT2D eigenvalue weighted by Crippen LogP contribution is -2.21. The van der Waals surface area contributed by atoms with Gasteiger partial charge in [0.05, 0.1) is 0 Å². The van der Waals surface area contributed by atoms with Gasteiger partial charge in [-0.2, -0.15) is 26.3 Å². The molecule has 0 N–H and O–H groups in total. The number of rotatable bonds is 4. The fraction of sp³-hybridized carbons (Fsp3) is 0.235. The fourth-order valence-corrected chi connectivity index (χ4v) is 2.23. The van der Waals surface area contributed by atoms with Crippen LogP contribution in [0.3, 0.4) is 0 Å². The standard InChI is InChI=1S/C17H6F12O5/c18-14(19,20)9-5-7(1-3-11(9)33-16(24,25)26)31-13(30)32-8-2-4-12(34-17(27,28)29)10(6-8)15(21,22)23/h1-6H. The molecule has 0 aliphatic heterocycles. The van der Waals surface area contributed by atoms with Crippen molar-refractivity contribution in [2.24, 2.45) is 0 Å². The molecule has 34 heavy (non-hydrogen) atoms. The van der Waals surface area contributed by atoms with E-state index in [1.54, 1.807) is 0 Å². The number of carbonyl (C=O) groups is 1. The molecular weight excluding hydrogens is 512 g/mol. The highest BCUT2D eigenvalue weighted by Crippen LogP contribution is 2.42. The van der Waals surface area contributed by atoms with Gasteiger partial charge in [-0.25, -0.2) is 4.79 Å². The van der Waals surface area contributed by atoms with E-state index in [0.717, 1.165) is 0 Å². The summed E-state index contributed by atoms with van der Waals surface area (Å²) in [5.41, 5.74) is -4.05. The van der Waals surface area contributed by atoms with E-state index in [0.29, 0.717) is 12.1 Å². The molecule has 17 heteroatoms. The van der Waals surface area contributed by atoms with Crippen LogP contribution in [0.5, 0.6) is 23.0 Å². The second kappa shape index (κ2) is 9.02. The van der Waals surface area contributed by atoms with Crippen molar-refractivity contribution in [3.05, 3.63) is 47.5 Å². The number of halogens is 12. The highest BCUT2D eigenvalue weighted by atomic mass is 19.4. The Balaban J connectivity index is 2.27. The van der Waals surface area contributed by atoms with Crippen molar-refractivity contribution < 1.29 is 76.4 Å². The first-order chi connectivity index (χ1) is 15.2. The first-order valence-electron chi connectivity index (χ1n) is 8.08. The Hall–Kier alpha value is -3.53. The summed E-state index contributed by atoms with van der Waals surface area (Å²) in [5, 5.41) is 0. The summed E-state index contributed by atoms with van der Waals surface area (Å²) in [4.78, 5) is 11.7. The lowest BCUT2D eigenvalue weighted by atomic mass is 10.2. The highest BCUT2D eigenvalue weighted by molar-refractivity contribution is 5.67. The Kier molecular flexibility index (Phi) is 7.09. The SMILES string of the molecule is O=C(Oc1ccc(OC(F)(F)F)c(C(F)(F)F)c1)Oc1ccc(OC(F)(F)F)c(C(F)(F)F)c1. The van der Waals surface area contributed by atoms with Gasteiger partial charge in [-0.1, -0.05) is 0 Å². The minimum atomic E-state index is -5.50. The molecule has 2 aromatic carbocycles. The van der Waals surface area contributed by atoms with Gasteiger partial charge in [-0.3, -0.25) is 0 Å². The van der Waals surface area contributed by atoms with Crippen molar-refractivity contribution in [3.8, 4) is 23.0 Å². The van der Waals surface area contributed by atoms with Crippen molar-refractivity contribution >= 4 is 6.16 Å². The third kappa shape index (κ3) is 7.80. The number of hydrogen-bond acceptors (Lipinski definition) is 5. The molecule has 0 amide bonds. The topological polar surface area (TPSA) is 54.0 Å². The molecule has 2 rings (SSSR count). The third-order valence-electron chi connectivity index (χ3n) is 3.37. The molecule has 0 aliphatic rings. The van der Waals surface area contributed by atoms with Crippen LogP contribution in [0.2, 0.25) is 0 Å². The van der Waals surface area contributed by atoms with E-state index in [1.807, 2.05) is 0 Å². The Bertz CT molecular complexity index is 956. The van der Waals surface area contributed by atoms with E-state index < -0.39 is 65.4 Å². The Morgan fingerprint density at radius 1 is 0.559 bits per heavy atom.